The summed E-state index contributed by atoms with van der Waals surface area (Å²) in [4.78, 5) is 10.9. The maximum atomic E-state index is 12.5. The van der Waals surface area contributed by atoms with Gasteiger partial charge in [0.05, 0.1) is 30.7 Å². The fourth-order valence-corrected chi connectivity index (χ4v) is 1.34. The standard InChI is InChI=1S/C13H10F3NO2/c1-19-12(18)4-2-3-9-5-6-11(13(14,15)16)7-10(9)8-17/h2-3,5-7H,4H2,1H3. The second-order valence-corrected chi connectivity index (χ2v) is 3.59. The number of methoxy groups -OCH3 is 1. The number of alkyl halides is 3. The van der Waals surface area contributed by atoms with E-state index < -0.39 is 17.7 Å². The van der Waals surface area contributed by atoms with E-state index in [2.05, 4.69) is 4.74 Å². The molecule has 0 spiro atoms. The van der Waals surface area contributed by atoms with Gasteiger partial charge >= 0.3 is 12.1 Å². The van der Waals surface area contributed by atoms with E-state index in [1.807, 2.05) is 0 Å². The Kier molecular flexibility index (Phi) is 4.70. The maximum Gasteiger partial charge on any atom is 0.416 e. The molecule has 0 atom stereocenters. The molecule has 0 radical (unpaired) electrons. The van der Waals surface area contributed by atoms with Crippen LogP contribution >= 0.6 is 0 Å². The maximum absolute atomic E-state index is 12.5. The zero-order valence-corrected chi connectivity index (χ0v) is 9.99. The summed E-state index contributed by atoms with van der Waals surface area (Å²) >= 11 is 0. The minimum absolute atomic E-state index is 0.0115. The Balaban J connectivity index is 2.98. The molecule has 0 fully saturated rings. The molecule has 3 nitrogen and oxygen atoms in total. The van der Waals surface area contributed by atoms with Crippen molar-refractivity contribution in [1.82, 2.24) is 0 Å². The predicted molar refractivity (Wildman–Crippen MR) is 61.8 cm³/mol. The highest BCUT2D eigenvalue weighted by Crippen LogP contribution is 2.30. The highest BCUT2D eigenvalue weighted by Gasteiger charge is 2.30. The topological polar surface area (TPSA) is 50.1 Å². The van der Waals surface area contributed by atoms with E-state index in [9.17, 15) is 18.0 Å². The van der Waals surface area contributed by atoms with Crippen LogP contribution in [0.25, 0.3) is 6.08 Å². The third-order valence-corrected chi connectivity index (χ3v) is 2.31. The normalized spacial score (nSPS) is 11.3. The lowest BCUT2D eigenvalue weighted by Gasteiger charge is -2.07. The van der Waals surface area contributed by atoms with E-state index in [-0.39, 0.29) is 12.0 Å². The Bertz CT molecular complexity index is 542. The second-order valence-electron chi connectivity index (χ2n) is 3.59. The molecule has 0 aliphatic heterocycles. The number of halogens is 3. The van der Waals surface area contributed by atoms with Gasteiger partial charge in [0.25, 0.3) is 0 Å². The summed E-state index contributed by atoms with van der Waals surface area (Å²) in [5.74, 6) is -0.471. The summed E-state index contributed by atoms with van der Waals surface area (Å²) in [5.41, 5.74) is -0.662. The van der Waals surface area contributed by atoms with E-state index in [4.69, 9.17) is 5.26 Å². The Morgan fingerprint density at radius 3 is 2.68 bits per heavy atom. The van der Waals surface area contributed by atoms with Crippen LogP contribution in [0.4, 0.5) is 13.2 Å². The molecule has 0 aliphatic carbocycles. The quantitative estimate of drug-likeness (QED) is 0.792. The van der Waals surface area contributed by atoms with Gasteiger partial charge in [-0.05, 0) is 17.7 Å². The van der Waals surface area contributed by atoms with Gasteiger partial charge in [0, 0.05) is 0 Å². The van der Waals surface area contributed by atoms with Crippen molar-refractivity contribution < 1.29 is 22.7 Å². The lowest BCUT2D eigenvalue weighted by atomic mass is 10.0. The largest absolute Gasteiger partial charge is 0.469 e. The summed E-state index contributed by atoms with van der Waals surface area (Å²) in [7, 11) is 1.23. The van der Waals surface area contributed by atoms with Gasteiger partial charge in [-0.3, -0.25) is 4.79 Å². The van der Waals surface area contributed by atoms with Crippen molar-refractivity contribution in [1.29, 1.82) is 5.26 Å². The molecule has 0 heterocycles. The molecule has 1 rings (SSSR count). The van der Waals surface area contributed by atoms with Crippen LogP contribution in [0.15, 0.2) is 24.3 Å². The summed E-state index contributed by atoms with van der Waals surface area (Å²) in [6, 6.07) is 4.55. The van der Waals surface area contributed by atoms with Gasteiger partial charge in [0.1, 0.15) is 0 Å². The number of ether oxygens (including phenoxy) is 1. The number of hydrogen-bond donors (Lipinski definition) is 0. The van der Waals surface area contributed by atoms with Crippen LogP contribution in [0.5, 0.6) is 0 Å². The van der Waals surface area contributed by atoms with Crippen LogP contribution in [0, 0.1) is 11.3 Å². The fraction of sp³-hybridized carbons (Fsp3) is 0.231. The zero-order chi connectivity index (χ0) is 14.5. The average molecular weight is 269 g/mol. The zero-order valence-electron chi connectivity index (χ0n) is 9.99. The van der Waals surface area contributed by atoms with Gasteiger partial charge in [-0.1, -0.05) is 18.2 Å². The summed E-state index contributed by atoms with van der Waals surface area (Å²) < 4.78 is 41.8. The third kappa shape index (κ3) is 4.14. The molecule has 6 heteroatoms. The number of hydrogen-bond acceptors (Lipinski definition) is 3. The van der Waals surface area contributed by atoms with Gasteiger partial charge in [-0.25, -0.2) is 0 Å². The Morgan fingerprint density at radius 1 is 1.47 bits per heavy atom. The van der Waals surface area contributed by atoms with E-state index in [0.717, 1.165) is 12.1 Å². The number of carbonyl (C=O) groups excluding carboxylic acids is 1. The van der Waals surface area contributed by atoms with Crippen LogP contribution in [-0.4, -0.2) is 13.1 Å². The number of rotatable bonds is 3. The molecule has 0 amide bonds. The van der Waals surface area contributed by atoms with E-state index in [0.29, 0.717) is 5.56 Å². The highest BCUT2D eigenvalue weighted by molar-refractivity contribution is 5.73. The first-order valence-electron chi connectivity index (χ1n) is 5.23. The summed E-state index contributed by atoms with van der Waals surface area (Å²) in [5, 5.41) is 8.82. The van der Waals surface area contributed by atoms with E-state index in [1.54, 1.807) is 6.07 Å². The number of esters is 1. The Hall–Kier alpha value is -2.29. The summed E-state index contributed by atoms with van der Waals surface area (Å²) in [6.45, 7) is 0. The molecule has 100 valence electrons. The first-order chi connectivity index (χ1) is 8.88. The van der Waals surface area contributed by atoms with Crippen LogP contribution in [0.2, 0.25) is 0 Å². The van der Waals surface area contributed by atoms with E-state index >= 15 is 0 Å². The van der Waals surface area contributed by atoms with Crippen molar-refractivity contribution in [3.05, 3.63) is 41.0 Å². The van der Waals surface area contributed by atoms with Gasteiger partial charge in [-0.2, -0.15) is 18.4 Å². The number of carbonyl (C=O) groups is 1. The second kappa shape index (κ2) is 6.05. The molecule has 1 aromatic carbocycles. The molecular formula is C13H10F3NO2. The molecule has 0 saturated carbocycles. The van der Waals surface area contributed by atoms with Crippen LogP contribution in [0.1, 0.15) is 23.1 Å². The van der Waals surface area contributed by atoms with Gasteiger partial charge in [0.15, 0.2) is 0 Å². The predicted octanol–water partition coefficient (Wildman–Crippen LogP) is 3.15. The van der Waals surface area contributed by atoms with E-state index in [1.165, 1.54) is 25.3 Å². The van der Waals surface area contributed by atoms with Crippen molar-refractivity contribution in [2.24, 2.45) is 0 Å². The average Bonchev–Trinajstić information content (AvgIpc) is 2.37. The van der Waals surface area contributed by atoms with Crippen molar-refractivity contribution in [3.63, 3.8) is 0 Å². The van der Waals surface area contributed by atoms with Crippen LogP contribution in [0.3, 0.4) is 0 Å². The van der Waals surface area contributed by atoms with Crippen molar-refractivity contribution in [2.75, 3.05) is 7.11 Å². The van der Waals surface area contributed by atoms with Crippen molar-refractivity contribution in [2.45, 2.75) is 12.6 Å². The molecule has 0 aliphatic rings. The SMILES string of the molecule is COC(=O)CC=Cc1ccc(C(F)(F)F)cc1C#N. The van der Waals surface area contributed by atoms with Gasteiger partial charge < -0.3 is 4.74 Å². The third-order valence-electron chi connectivity index (χ3n) is 2.31. The lowest BCUT2D eigenvalue weighted by molar-refractivity contribution is -0.139. The first kappa shape index (κ1) is 14.8. The minimum Gasteiger partial charge on any atom is -0.469 e. The smallest absolute Gasteiger partial charge is 0.416 e. The molecular weight excluding hydrogens is 259 g/mol. The lowest BCUT2D eigenvalue weighted by Crippen LogP contribution is -2.05. The fourth-order valence-electron chi connectivity index (χ4n) is 1.34. The number of nitriles is 1. The minimum atomic E-state index is -4.49. The number of nitrogens with zero attached hydrogens (tertiary/aromatic N) is 1. The van der Waals surface area contributed by atoms with Crippen molar-refractivity contribution >= 4 is 12.0 Å². The van der Waals surface area contributed by atoms with Gasteiger partial charge in [-0.15, -0.1) is 0 Å². The summed E-state index contributed by atoms with van der Waals surface area (Å²) in [6.07, 6.45) is -1.66. The van der Waals surface area contributed by atoms with Crippen molar-refractivity contribution in [3.8, 4) is 6.07 Å². The Morgan fingerprint density at radius 2 is 2.16 bits per heavy atom. The molecule has 0 aromatic heterocycles. The highest BCUT2D eigenvalue weighted by atomic mass is 19.4. The monoisotopic (exact) mass is 269 g/mol. The van der Waals surface area contributed by atoms with Crippen LogP contribution in [-0.2, 0) is 15.7 Å². The number of benzene rings is 1. The molecule has 1 aromatic rings. The van der Waals surface area contributed by atoms with Gasteiger partial charge in [0.2, 0.25) is 0 Å². The Labute approximate surface area is 107 Å². The molecule has 19 heavy (non-hydrogen) atoms. The molecule has 0 saturated heterocycles. The molecule has 0 bridgehead atoms. The molecule has 0 N–H and O–H groups in total. The molecule has 0 unspecified atom stereocenters. The first-order valence-corrected chi connectivity index (χ1v) is 5.23. The van der Waals surface area contributed by atoms with Crippen LogP contribution < -0.4 is 0 Å².